The number of pyridine rings is 1. The second kappa shape index (κ2) is 5.34. The van der Waals surface area contributed by atoms with Gasteiger partial charge in [-0.05, 0) is 32.9 Å². The number of hydrogen-bond acceptors (Lipinski definition) is 2. The summed E-state index contributed by atoms with van der Waals surface area (Å²) in [5.74, 6) is 0.585. The number of hydrogen-bond donors (Lipinski definition) is 1. The van der Waals surface area contributed by atoms with Crippen molar-refractivity contribution in [1.29, 1.82) is 0 Å². The zero-order chi connectivity index (χ0) is 11.3. The molecule has 0 radical (unpaired) electrons. The summed E-state index contributed by atoms with van der Waals surface area (Å²) in [5.41, 5.74) is 0. The van der Waals surface area contributed by atoms with E-state index in [4.69, 9.17) is 0 Å². The van der Waals surface area contributed by atoms with E-state index in [1.807, 2.05) is 32.9 Å². The van der Waals surface area contributed by atoms with Gasteiger partial charge in [-0.2, -0.15) is 0 Å². The fraction of sp³-hybridized carbons (Fsp3) is 0.455. The van der Waals surface area contributed by atoms with Gasteiger partial charge in [0.05, 0.1) is 0 Å². The summed E-state index contributed by atoms with van der Waals surface area (Å²) in [7, 11) is 0. The van der Waals surface area contributed by atoms with Crippen molar-refractivity contribution in [2.24, 2.45) is 0 Å². The number of carbonyl (C=O) groups is 1. The third-order valence-electron chi connectivity index (χ3n) is 2.12. The van der Waals surface area contributed by atoms with Gasteiger partial charge in [-0.15, -0.1) is 0 Å². The molecule has 1 N–H and O–H groups in total. The molecule has 4 nitrogen and oxygen atoms in total. The number of urea groups is 1. The number of nitrogens with one attached hydrogen (secondary N) is 1. The molecule has 15 heavy (non-hydrogen) atoms. The van der Waals surface area contributed by atoms with Crippen molar-refractivity contribution in [3.8, 4) is 0 Å². The summed E-state index contributed by atoms with van der Waals surface area (Å²) >= 11 is 0. The third-order valence-corrected chi connectivity index (χ3v) is 2.12. The minimum Gasteiger partial charge on any atom is -0.322 e. The maximum absolute atomic E-state index is 11.8. The van der Waals surface area contributed by atoms with E-state index in [1.165, 1.54) is 0 Å². The number of rotatable bonds is 3. The number of aromatic nitrogens is 1. The van der Waals surface area contributed by atoms with E-state index in [0.717, 1.165) is 0 Å². The summed E-state index contributed by atoms with van der Waals surface area (Å²) in [5, 5.41) is 2.75. The Hall–Kier alpha value is -1.58. The molecule has 0 unspecified atom stereocenters. The van der Waals surface area contributed by atoms with Gasteiger partial charge in [-0.25, -0.2) is 9.78 Å². The van der Waals surface area contributed by atoms with Gasteiger partial charge in [-0.3, -0.25) is 5.32 Å². The summed E-state index contributed by atoms with van der Waals surface area (Å²) in [6, 6.07) is 5.51. The van der Waals surface area contributed by atoms with Crippen LogP contribution in [0.3, 0.4) is 0 Å². The van der Waals surface area contributed by atoms with E-state index >= 15 is 0 Å². The third kappa shape index (κ3) is 3.23. The Morgan fingerprint density at radius 2 is 2.27 bits per heavy atom. The normalized spacial score (nSPS) is 10.1. The van der Waals surface area contributed by atoms with Gasteiger partial charge in [0, 0.05) is 18.8 Å². The van der Waals surface area contributed by atoms with Gasteiger partial charge in [0.1, 0.15) is 5.82 Å². The second-order valence-corrected chi connectivity index (χ2v) is 3.52. The first kappa shape index (κ1) is 11.5. The van der Waals surface area contributed by atoms with Crippen LogP contribution in [0, 0.1) is 0 Å². The van der Waals surface area contributed by atoms with Gasteiger partial charge in [-0.1, -0.05) is 6.07 Å². The lowest BCUT2D eigenvalue weighted by Gasteiger charge is -2.24. The summed E-state index contributed by atoms with van der Waals surface area (Å²) in [4.78, 5) is 17.5. The van der Waals surface area contributed by atoms with Crippen LogP contribution in [0.5, 0.6) is 0 Å². The highest BCUT2D eigenvalue weighted by atomic mass is 16.2. The van der Waals surface area contributed by atoms with E-state index in [1.54, 1.807) is 17.2 Å². The Bertz CT molecular complexity index is 311. The minimum absolute atomic E-state index is 0.105. The molecule has 82 valence electrons. The molecule has 1 heterocycles. The van der Waals surface area contributed by atoms with Crippen molar-refractivity contribution in [3.05, 3.63) is 24.4 Å². The Balaban J connectivity index is 2.62. The number of amides is 2. The molecule has 0 aliphatic carbocycles. The predicted octanol–water partition coefficient (Wildman–Crippen LogP) is 2.34. The average molecular weight is 207 g/mol. The monoisotopic (exact) mass is 207 g/mol. The molecule has 0 atom stereocenters. The molecule has 4 heteroatoms. The van der Waals surface area contributed by atoms with Crippen LogP contribution in [0.1, 0.15) is 20.8 Å². The molecule has 0 saturated carbocycles. The molecule has 0 spiro atoms. The molecular weight excluding hydrogens is 190 g/mol. The Morgan fingerprint density at radius 3 is 2.73 bits per heavy atom. The number of nitrogens with zero attached hydrogens (tertiary/aromatic N) is 2. The molecule has 1 rings (SSSR count). The van der Waals surface area contributed by atoms with Crippen LogP contribution in [0.4, 0.5) is 10.6 Å². The van der Waals surface area contributed by atoms with E-state index in [9.17, 15) is 4.79 Å². The van der Waals surface area contributed by atoms with Crippen LogP contribution < -0.4 is 5.32 Å². The highest BCUT2D eigenvalue weighted by molar-refractivity contribution is 5.88. The van der Waals surface area contributed by atoms with Gasteiger partial charge >= 0.3 is 6.03 Å². The van der Waals surface area contributed by atoms with Crippen molar-refractivity contribution in [3.63, 3.8) is 0 Å². The zero-order valence-corrected chi connectivity index (χ0v) is 9.40. The van der Waals surface area contributed by atoms with Crippen LogP contribution in [-0.4, -0.2) is 28.5 Å². The second-order valence-electron chi connectivity index (χ2n) is 3.52. The predicted molar refractivity (Wildman–Crippen MR) is 60.8 cm³/mol. The highest BCUT2D eigenvalue weighted by Gasteiger charge is 2.14. The first-order chi connectivity index (χ1) is 7.15. The Kier molecular flexibility index (Phi) is 4.09. The van der Waals surface area contributed by atoms with Crippen LogP contribution in [-0.2, 0) is 0 Å². The fourth-order valence-electron chi connectivity index (χ4n) is 1.36. The highest BCUT2D eigenvalue weighted by Crippen LogP contribution is 2.04. The molecular formula is C11H17N3O. The first-order valence-corrected chi connectivity index (χ1v) is 5.13. The van der Waals surface area contributed by atoms with E-state index in [0.29, 0.717) is 12.4 Å². The molecule has 0 aromatic carbocycles. The largest absolute Gasteiger partial charge is 0.323 e. The maximum Gasteiger partial charge on any atom is 0.323 e. The standard InChI is InChI=1S/C11H17N3O/c1-4-14(9(2)3)11(15)13-10-7-5-6-8-12-10/h5-9H,4H2,1-3H3,(H,12,13,15). The molecule has 0 fully saturated rings. The van der Waals surface area contributed by atoms with Gasteiger partial charge in [0.25, 0.3) is 0 Å². The Labute approximate surface area is 90.3 Å². The lowest BCUT2D eigenvalue weighted by Crippen LogP contribution is -2.39. The van der Waals surface area contributed by atoms with Gasteiger partial charge < -0.3 is 4.90 Å². The average Bonchev–Trinajstić information content (AvgIpc) is 2.19. The summed E-state index contributed by atoms with van der Waals surface area (Å²) < 4.78 is 0. The molecule has 0 bridgehead atoms. The topological polar surface area (TPSA) is 45.2 Å². The van der Waals surface area contributed by atoms with E-state index in [2.05, 4.69) is 10.3 Å². The molecule has 2 amide bonds. The summed E-state index contributed by atoms with van der Waals surface area (Å²) in [6.07, 6.45) is 1.65. The van der Waals surface area contributed by atoms with Gasteiger partial charge in [0.2, 0.25) is 0 Å². The fourth-order valence-corrected chi connectivity index (χ4v) is 1.36. The van der Waals surface area contributed by atoms with Crippen molar-refractivity contribution in [2.75, 3.05) is 11.9 Å². The van der Waals surface area contributed by atoms with Crippen molar-refractivity contribution < 1.29 is 4.79 Å². The van der Waals surface area contributed by atoms with Crippen LogP contribution in [0.2, 0.25) is 0 Å². The zero-order valence-electron chi connectivity index (χ0n) is 9.40. The van der Waals surface area contributed by atoms with Crippen LogP contribution in [0.25, 0.3) is 0 Å². The molecule has 1 aromatic rings. The minimum atomic E-state index is -0.105. The number of anilines is 1. The van der Waals surface area contributed by atoms with Crippen LogP contribution in [0.15, 0.2) is 24.4 Å². The smallest absolute Gasteiger partial charge is 0.322 e. The molecule has 1 aromatic heterocycles. The van der Waals surface area contributed by atoms with Crippen molar-refractivity contribution >= 4 is 11.8 Å². The SMILES string of the molecule is CCN(C(=O)Nc1ccccn1)C(C)C. The lowest BCUT2D eigenvalue weighted by atomic mass is 10.3. The van der Waals surface area contributed by atoms with Gasteiger partial charge in [0.15, 0.2) is 0 Å². The van der Waals surface area contributed by atoms with Crippen molar-refractivity contribution in [1.82, 2.24) is 9.88 Å². The maximum atomic E-state index is 11.8. The molecule has 0 saturated heterocycles. The number of carbonyl (C=O) groups excluding carboxylic acids is 1. The molecule has 0 aliphatic rings. The quantitative estimate of drug-likeness (QED) is 0.826. The van der Waals surface area contributed by atoms with E-state index < -0.39 is 0 Å². The first-order valence-electron chi connectivity index (χ1n) is 5.13. The van der Waals surface area contributed by atoms with Crippen LogP contribution >= 0.6 is 0 Å². The van der Waals surface area contributed by atoms with Crippen molar-refractivity contribution in [2.45, 2.75) is 26.8 Å². The summed E-state index contributed by atoms with van der Waals surface area (Å²) in [6.45, 7) is 6.62. The Morgan fingerprint density at radius 1 is 1.53 bits per heavy atom. The van der Waals surface area contributed by atoms with E-state index in [-0.39, 0.29) is 12.1 Å². The lowest BCUT2D eigenvalue weighted by molar-refractivity contribution is 0.201. The molecule has 0 aliphatic heterocycles.